The quantitative estimate of drug-likeness (QED) is 0.609. The Morgan fingerprint density at radius 3 is 2.60 bits per heavy atom. The lowest BCUT2D eigenvalue weighted by Crippen LogP contribution is -2.27. The van der Waals surface area contributed by atoms with E-state index < -0.39 is 12.1 Å². The minimum atomic E-state index is -0.922. The maximum atomic E-state index is 12.3. The fourth-order valence-electron chi connectivity index (χ4n) is 3.42. The lowest BCUT2D eigenvalue weighted by molar-refractivity contribution is -0.145. The van der Waals surface area contributed by atoms with Crippen LogP contribution in [0.15, 0.2) is 23.8 Å². The molecule has 0 amide bonds. The van der Waals surface area contributed by atoms with E-state index in [9.17, 15) is 14.7 Å². The average molecular weight is 350 g/mol. The predicted octanol–water partition coefficient (Wildman–Crippen LogP) is 4.22. The van der Waals surface area contributed by atoms with Crippen LogP contribution in [0.5, 0.6) is 0 Å². The van der Waals surface area contributed by atoms with Crippen molar-refractivity contribution in [3.63, 3.8) is 0 Å². The van der Waals surface area contributed by atoms with Gasteiger partial charge in [-0.2, -0.15) is 0 Å². The topological polar surface area (TPSA) is 63.6 Å². The van der Waals surface area contributed by atoms with Crippen LogP contribution in [0, 0.1) is 17.8 Å². The molecule has 1 aliphatic rings. The fourth-order valence-corrected chi connectivity index (χ4v) is 3.42. The number of carbonyl (C=O) groups excluding carboxylic acids is 2. The molecule has 0 radical (unpaired) electrons. The van der Waals surface area contributed by atoms with Crippen molar-refractivity contribution in [2.75, 3.05) is 0 Å². The third kappa shape index (κ3) is 7.15. The van der Waals surface area contributed by atoms with Gasteiger partial charge in [0.05, 0.1) is 6.10 Å². The van der Waals surface area contributed by atoms with Crippen LogP contribution in [0.2, 0.25) is 0 Å². The van der Waals surface area contributed by atoms with Gasteiger partial charge in [-0.05, 0) is 50.0 Å². The Hall–Kier alpha value is -1.42. The van der Waals surface area contributed by atoms with Crippen molar-refractivity contribution >= 4 is 11.8 Å². The number of allylic oxidation sites excluding steroid dienone is 1. The molecule has 1 unspecified atom stereocenters. The van der Waals surface area contributed by atoms with E-state index in [0.717, 1.165) is 31.3 Å². The van der Waals surface area contributed by atoms with Crippen molar-refractivity contribution in [3.05, 3.63) is 23.8 Å². The summed E-state index contributed by atoms with van der Waals surface area (Å²) in [6, 6.07) is 0. The summed E-state index contributed by atoms with van der Waals surface area (Å²) in [7, 11) is 0. The van der Waals surface area contributed by atoms with Crippen LogP contribution in [0.3, 0.4) is 0 Å². The van der Waals surface area contributed by atoms with Gasteiger partial charge in [0.25, 0.3) is 0 Å². The highest BCUT2D eigenvalue weighted by Crippen LogP contribution is 2.27. The molecular formula is C21H34O4. The van der Waals surface area contributed by atoms with Crippen LogP contribution in [0.4, 0.5) is 0 Å². The molecule has 4 heteroatoms. The molecule has 0 saturated heterocycles. The standard InChI is InChI=1S/C21H34O4/c1-7-14(3)15(4)10-18-9-13(2)8-16(5)19(22)12-20(23)17(6)11-21(24)25-18/h11,13,15-16,18,20,23H,3,7-10,12H2,1-2,4-6H3/b17-11+/t13-,15+,16+,18?,20+/m0/s1. The third-order valence-corrected chi connectivity index (χ3v) is 5.29. The van der Waals surface area contributed by atoms with Crippen molar-refractivity contribution in [2.24, 2.45) is 17.8 Å². The highest BCUT2D eigenvalue weighted by atomic mass is 16.5. The first kappa shape index (κ1) is 21.6. The van der Waals surface area contributed by atoms with Crippen LogP contribution in [0.1, 0.15) is 66.7 Å². The minimum absolute atomic E-state index is 0.0466. The molecule has 0 spiro atoms. The molecule has 1 heterocycles. The van der Waals surface area contributed by atoms with Crippen molar-refractivity contribution in [1.82, 2.24) is 0 Å². The first-order valence-electron chi connectivity index (χ1n) is 9.41. The molecule has 1 N–H and O–H groups in total. The van der Waals surface area contributed by atoms with Gasteiger partial charge >= 0.3 is 5.97 Å². The molecule has 0 aromatic carbocycles. The van der Waals surface area contributed by atoms with Gasteiger partial charge in [0.2, 0.25) is 0 Å². The van der Waals surface area contributed by atoms with Crippen LogP contribution < -0.4 is 0 Å². The summed E-state index contributed by atoms with van der Waals surface area (Å²) >= 11 is 0. The summed E-state index contributed by atoms with van der Waals surface area (Å²) in [4.78, 5) is 24.5. The molecule has 142 valence electrons. The monoisotopic (exact) mass is 350 g/mol. The first-order chi connectivity index (χ1) is 11.6. The Bertz CT molecular complexity index is 520. The van der Waals surface area contributed by atoms with E-state index in [0.29, 0.717) is 5.57 Å². The molecule has 1 rings (SSSR count). The highest BCUT2D eigenvalue weighted by Gasteiger charge is 2.26. The van der Waals surface area contributed by atoms with E-state index >= 15 is 0 Å². The zero-order valence-electron chi connectivity index (χ0n) is 16.4. The second-order valence-corrected chi connectivity index (χ2v) is 7.76. The SMILES string of the molecule is C=C(CC)[C@H](C)CC1C[C@@H](C)C[C@@H](C)C(=O)C[C@@H](O)/C(C)=C/C(=O)O1. The van der Waals surface area contributed by atoms with Gasteiger partial charge < -0.3 is 9.84 Å². The summed E-state index contributed by atoms with van der Waals surface area (Å²) in [6.45, 7) is 13.9. The molecule has 0 bridgehead atoms. The normalized spacial score (nSPS) is 32.6. The zero-order valence-corrected chi connectivity index (χ0v) is 16.4. The van der Waals surface area contributed by atoms with E-state index in [1.807, 2.05) is 6.92 Å². The smallest absolute Gasteiger partial charge is 0.331 e. The summed E-state index contributed by atoms with van der Waals surface area (Å²) in [6.07, 6.45) is 3.38. The molecule has 5 atom stereocenters. The van der Waals surface area contributed by atoms with Gasteiger partial charge in [-0.1, -0.05) is 39.8 Å². The average Bonchev–Trinajstić information content (AvgIpc) is 2.52. The van der Waals surface area contributed by atoms with Gasteiger partial charge in [-0.15, -0.1) is 0 Å². The van der Waals surface area contributed by atoms with Crippen molar-refractivity contribution in [1.29, 1.82) is 0 Å². The highest BCUT2D eigenvalue weighted by molar-refractivity contribution is 5.84. The van der Waals surface area contributed by atoms with Crippen LogP contribution >= 0.6 is 0 Å². The summed E-state index contributed by atoms with van der Waals surface area (Å²) in [5.41, 5.74) is 1.63. The van der Waals surface area contributed by atoms with E-state index in [4.69, 9.17) is 4.74 Å². The van der Waals surface area contributed by atoms with Crippen LogP contribution in [-0.2, 0) is 14.3 Å². The second-order valence-electron chi connectivity index (χ2n) is 7.76. The zero-order chi connectivity index (χ0) is 19.1. The van der Waals surface area contributed by atoms with Crippen molar-refractivity contribution < 1.29 is 19.4 Å². The number of esters is 1. The van der Waals surface area contributed by atoms with E-state index in [1.165, 1.54) is 6.08 Å². The Morgan fingerprint density at radius 1 is 1.36 bits per heavy atom. The molecule has 0 aromatic rings. The fraction of sp³-hybridized carbons (Fsp3) is 0.714. The summed E-state index contributed by atoms with van der Waals surface area (Å²) < 4.78 is 5.69. The molecule has 4 nitrogen and oxygen atoms in total. The maximum absolute atomic E-state index is 12.3. The molecule has 0 fully saturated rings. The summed E-state index contributed by atoms with van der Waals surface area (Å²) in [5, 5.41) is 10.1. The van der Waals surface area contributed by atoms with Crippen LogP contribution in [0.25, 0.3) is 0 Å². The summed E-state index contributed by atoms with van der Waals surface area (Å²) in [5.74, 6) is 0.0452. The van der Waals surface area contributed by atoms with Gasteiger partial charge in [0.15, 0.2) is 0 Å². The first-order valence-corrected chi connectivity index (χ1v) is 9.41. The van der Waals surface area contributed by atoms with Crippen molar-refractivity contribution in [2.45, 2.75) is 78.9 Å². The van der Waals surface area contributed by atoms with Gasteiger partial charge in [-0.25, -0.2) is 4.79 Å². The Balaban J connectivity index is 2.98. The number of ether oxygens (including phenoxy) is 1. The Labute approximate surface area is 152 Å². The second kappa shape index (κ2) is 9.91. The minimum Gasteiger partial charge on any atom is -0.459 e. The Kier molecular flexibility index (Phi) is 8.57. The number of carbonyl (C=O) groups is 2. The predicted molar refractivity (Wildman–Crippen MR) is 100 cm³/mol. The van der Waals surface area contributed by atoms with Crippen LogP contribution in [-0.4, -0.2) is 29.1 Å². The lowest BCUT2D eigenvalue weighted by Gasteiger charge is -2.27. The number of aliphatic hydroxyl groups is 1. The third-order valence-electron chi connectivity index (χ3n) is 5.29. The number of cyclic esters (lactones) is 1. The van der Waals surface area contributed by atoms with Crippen molar-refractivity contribution in [3.8, 4) is 0 Å². The number of hydrogen-bond donors (Lipinski definition) is 1. The molecule has 0 aliphatic carbocycles. The largest absolute Gasteiger partial charge is 0.459 e. The Morgan fingerprint density at radius 2 is 2.00 bits per heavy atom. The van der Waals surface area contributed by atoms with E-state index in [1.54, 1.807) is 6.92 Å². The number of rotatable bonds is 4. The van der Waals surface area contributed by atoms with Gasteiger partial charge in [0.1, 0.15) is 11.9 Å². The molecule has 25 heavy (non-hydrogen) atoms. The van der Waals surface area contributed by atoms with E-state index in [2.05, 4.69) is 27.4 Å². The maximum Gasteiger partial charge on any atom is 0.331 e. The molecule has 0 aromatic heterocycles. The lowest BCUT2D eigenvalue weighted by atomic mass is 9.85. The number of aliphatic hydroxyl groups excluding tert-OH is 1. The number of Topliss-reactive ketones (excluding diaryl/α,β-unsaturated/α-hetero) is 1. The molecule has 1 aliphatic heterocycles. The molecule has 0 saturated carbocycles. The van der Waals surface area contributed by atoms with E-state index in [-0.39, 0.29) is 36.1 Å². The van der Waals surface area contributed by atoms with Gasteiger partial charge in [-0.3, -0.25) is 4.79 Å². The number of hydrogen-bond acceptors (Lipinski definition) is 4. The van der Waals surface area contributed by atoms with Gasteiger partial charge in [0, 0.05) is 18.4 Å². The number of ketones is 1. The molecular weight excluding hydrogens is 316 g/mol.